The first-order valence-corrected chi connectivity index (χ1v) is 9.60. The average Bonchev–Trinajstić information content (AvgIpc) is 3.05. The van der Waals surface area contributed by atoms with E-state index in [0.29, 0.717) is 10.4 Å². The normalized spacial score (nSPS) is 27.2. The van der Waals surface area contributed by atoms with E-state index in [9.17, 15) is 17.9 Å². The number of hydrogen-bond acceptors (Lipinski definition) is 10. The number of anilines is 1. The van der Waals surface area contributed by atoms with Crippen LogP contribution in [-0.2, 0) is 19.2 Å². The zero-order valence-electron chi connectivity index (χ0n) is 12.8. The summed E-state index contributed by atoms with van der Waals surface area (Å²) in [5, 5.41) is 19.8. The van der Waals surface area contributed by atoms with E-state index in [0.717, 1.165) is 4.68 Å². The smallest absolute Gasteiger partial charge is 0.333 e. The molecule has 1 aliphatic rings. The molecule has 0 unspecified atom stereocenters. The minimum atomic E-state index is -4.25. The number of thioether (sulfide) groups is 1. The Labute approximate surface area is 145 Å². The van der Waals surface area contributed by atoms with Gasteiger partial charge in [0, 0.05) is 0 Å². The molecular weight excluding hydrogens is 379 g/mol. The molecule has 1 aliphatic heterocycles. The number of aromatic nitrogens is 4. The fourth-order valence-corrected chi connectivity index (χ4v) is 3.38. The molecule has 0 amide bonds. The largest absolute Gasteiger partial charge is 0.387 e. The van der Waals surface area contributed by atoms with Crippen LogP contribution in [0.4, 0.5) is 10.2 Å². The van der Waals surface area contributed by atoms with Gasteiger partial charge in [-0.05, 0) is 6.26 Å². The Hall–Kier alpha value is -1.58. The van der Waals surface area contributed by atoms with Crippen LogP contribution in [0.1, 0.15) is 6.23 Å². The lowest BCUT2D eigenvalue weighted by molar-refractivity contribution is -0.0456. The van der Waals surface area contributed by atoms with Gasteiger partial charge in [0.2, 0.25) is 0 Å². The van der Waals surface area contributed by atoms with Crippen LogP contribution < -0.4 is 10.9 Å². The molecule has 11 nitrogen and oxygen atoms in total. The molecule has 0 aliphatic carbocycles. The molecule has 1 saturated heterocycles. The van der Waals surface area contributed by atoms with Gasteiger partial charge in [0.25, 0.3) is 0 Å². The lowest BCUT2D eigenvalue weighted by Gasteiger charge is -2.14. The van der Waals surface area contributed by atoms with Crippen molar-refractivity contribution >= 4 is 38.9 Å². The number of hydrogen-bond donors (Lipinski definition) is 3. The van der Waals surface area contributed by atoms with Gasteiger partial charge in [0.15, 0.2) is 18.0 Å². The second-order valence-electron chi connectivity index (χ2n) is 5.19. The van der Waals surface area contributed by atoms with Crippen LogP contribution in [0.2, 0.25) is 0 Å². The summed E-state index contributed by atoms with van der Waals surface area (Å²) in [7, 11) is -4.25. The number of aliphatic hydroxyl groups is 1. The molecule has 0 aromatic carbocycles. The predicted octanol–water partition coefficient (Wildman–Crippen LogP) is -1.05. The molecule has 3 rings (SSSR count). The van der Waals surface area contributed by atoms with Crippen molar-refractivity contribution in [3.05, 3.63) is 6.33 Å². The van der Waals surface area contributed by atoms with Gasteiger partial charge in [-0.25, -0.2) is 24.2 Å². The van der Waals surface area contributed by atoms with Crippen LogP contribution >= 0.6 is 11.8 Å². The van der Waals surface area contributed by atoms with Crippen molar-refractivity contribution in [2.75, 3.05) is 18.6 Å². The number of aliphatic hydroxyl groups excluding tert-OH is 1. The fraction of sp³-hybridized carbons (Fsp3) is 0.545. The van der Waals surface area contributed by atoms with Gasteiger partial charge in [-0.3, -0.25) is 4.18 Å². The molecule has 0 saturated carbocycles. The minimum Gasteiger partial charge on any atom is -0.387 e. The summed E-state index contributed by atoms with van der Waals surface area (Å²) in [4.78, 5) is 7.92. The van der Waals surface area contributed by atoms with Crippen LogP contribution in [0.25, 0.3) is 11.0 Å². The highest BCUT2D eigenvalue weighted by Crippen LogP contribution is 2.36. The summed E-state index contributed by atoms with van der Waals surface area (Å²) in [6.45, 7) is -0.636. The van der Waals surface area contributed by atoms with Crippen molar-refractivity contribution < 1.29 is 26.8 Å². The summed E-state index contributed by atoms with van der Waals surface area (Å²) in [6, 6.07) is 0. The van der Waals surface area contributed by atoms with Gasteiger partial charge in [-0.1, -0.05) is 0 Å². The lowest BCUT2D eigenvalue weighted by atomic mass is 10.1. The highest BCUT2D eigenvalue weighted by Gasteiger charge is 2.47. The number of fused-ring (bicyclic) bond motifs is 1. The van der Waals surface area contributed by atoms with E-state index >= 15 is 0 Å². The molecule has 138 valence electrons. The number of nitrogens with two attached hydrogens (primary N) is 2. The number of nitrogens with zero attached hydrogens (tertiary/aromatic N) is 4. The summed E-state index contributed by atoms with van der Waals surface area (Å²) < 4.78 is 47.1. The third-order valence-corrected chi connectivity index (χ3v) is 4.75. The van der Waals surface area contributed by atoms with Gasteiger partial charge >= 0.3 is 10.3 Å². The Morgan fingerprint density at radius 3 is 2.88 bits per heavy atom. The standard InChI is InChI=1S/C11H15FN6O5S2/c1-24-10-5-8(13)15-3-16-9(5)18(17-10)11-6(12)7(19)4(23-11)2-22-25(14,20)21/h3-4,6-7,11,19H,2H2,1H3,(H2,13,15,16)(H2,14,20,21)/t4-,6+,7-,11-/m1/s1. The quantitative estimate of drug-likeness (QED) is 0.532. The van der Waals surface area contributed by atoms with Crippen molar-refractivity contribution in [3.63, 3.8) is 0 Å². The number of nitrogen functional groups attached to an aromatic ring is 1. The third kappa shape index (κ3) is 3.40. The molecule has 4 atom stereocenters. The number of ether oxygens (including phenoxy) is 1. The molecule has 3 heterocycles. The predicted molar refractivity (Wildman–Crippen MR) is 85.4 cm³/mol. The monoisotopic (exact) mass is 394 g/mol. The summed E-state index contributed by atoms with van der Waals surface area (Å²) in [6.07, 6.45) is -3.19. The molecule has 0 radical (unpaired) electrons. The van der Waals surface area contributed by atoms with Gasteiger partial charge < -0.3 is 15.6 Å². The van der Waals surface area contributed by atoms with E-state index in [1.165, 1.54) is 18.1 Å². The Kier molecular flexibility index (Phi) is 4.82. The van der Waals surface area contributed by atoms with Crippen LogP contribution in [0.15, 0.2) is 11.4 Å². The van der Waals surface area contributed by atoms with E-state index < -0.39 is 41.5 Å². The number of rotatable bonds is 5. The Morgan fingerprint density at radius 2 is 2.24 bits per heavy atom. The van der Waals surface area contributed by atoms with Crippen LogP contribution in [0.5, 0.6) is 0 Å². The zero-order valence-corrected chi connectivity index (χ0v) is 14.4. The first-order chi connectivity index (χ1) is 11.7. The van der Waals surface area contributed by atoms with Crippen LogP contribution in [-0.4, -0.2) is 64.5 Å². The molecular formula is C11H15FN6O5S2. The third-order valence-electron chi connectivity index (χ3n) is 3.61. The molecule has 25 heavy (non-hydrogen) atoms. The molecule has 2 aromatic heterocycles. The zero-order chi connectivity index (χ0) is 18.4. The van der Waals surface area contributed by atoms with Crippen molar-refractivity contribution in [2.24, 2.45) is 5.14 Å². The van der Waals surface area contributed by atoms with Gasteiger partial charge in [0.05, 0.1) is 12.0 Å². The van der Waals surface area contributed by atoms with Crippen LogP contribution in [0.3, 0.4) is 0 Å². The van der Waals surface area contributed by atoms with E-state index in [4.69, 9.17) is 15.6 Å². The van der Waals surface area contributed by atoms with Gasteiger partial charge in [-0.15, -0.1) is 11.8 Å². The summed E-state index contributed by atoms with van der Waals surface area (Å²) >= 11 is 1.26. The Bertz CT molecular complexity index is 892. The summed E-state index contributed by atoms with van der Waals surface area (Å²) in [5.74, 6) is 0.170. The number of halogens is 1. The molecule has 14 heteroatoms. The molecule has 5 N–H and O–H groups in total. The van der Waals surface area contributed by atoms with Crippen LogP contribution in [0, 0.1) is 0 Å². The first-order valence-electron chi connectivity index (χ1n) is 6.90. The topological polar surface area (TPSA) is 168 Å². The van der Waals surface area contributed by atoms with Crippen molar-refractivity contribution in [1.82, 2.24) is 19.7 Å². The van der Waals surface area contributed by atoms with E-state index in [1.807, 2.05) is 0 Å². The second-order valence-corrected chi connectivity index (χ2v) is 7.21. The maximum absolute atomic E-state index is 14.5. The SMILES string of the molecule is CSc1nn([C@@H]2O[C@H](COS(N)(=O)=O)[C@@H](O)[C@@H]2F)c2ncnc(N)c12. The van der Waals surface area contributed by atoms with E-state index in [2.05, 4.69) is 19.2 Å². The lowest BCUT2D eigenvalue weighted by Crippen LogP contribution is -2.33. The minimum absolute atomic E-state index is 0.170. The van der Waals surface area contributed by atoms with Crippen molar-refractivity contribution in [3.8, 4) is 0 Å². The average molecular weight is 394 g/mol. The van der Waals surface area contributed by atoms with Gasteiger partial charge in [0.1, 0.15) is 29.4 Å². The molecule has 2 aromatic rings. The first kappa shape index (κ1) is 18.2. The van der Waals surface area contributed by atoms with Crippen molar-refractivity contribution in [1.29, 1.82) is 0 Å². The van der Waals surface area contributed by atoms with E-state index in [-0.39, 0.29) is 11.5 Å². The summed E-state index contributed by atoms with van der Waals surface area (Å²) in [5.41, 5.74) is 6.05. The van der Waals surface area contributed by atoms with E-state index in [1.54, 1.807) is 6.26 Å². The Balaban J connectivity index is 1.94. The second kappa shape index (κ2) is 6.62. The molecule has 1 fully saturated rings. The number of alkyl halides is 1. The van der Waals surface area contributed by atoms with Gasteiger partial charge in [-0.2, -0.15) is 13.5 Å². The fourth-order valence-electron chi connectivity index (χ4n) is 2.48. The molecule has 0 spiro atoms. The maximum atomic E-state index is 14.5. The maximum Gasteiger partial charge on any atom is 0.333 e. The highest BCUT2D eigenvalue weighted by molar-refractivity contribution is 7.98. The molecule has 0 bridgehead atoms. The highest BCUT2D eigenvalue weighted by atomic mass is 32.2. The van der Waals surface area contributed by atoms with Crippen molar-refractivity contribution in [2.45, 2.75) is 29.6 Å². The Morgan fingerprint density at radius 1 is 1.52 bits per heavy atom.